The number of aryl methyl sites for hydroxylation is 1. The molecular weight excluding hydrogens is 408 g/mol. The van der Waals surface area contributed by atoms with E-state index in [1.165, 1.54) is 24.0 Å². The van der Waals surface area contributed by atoms with Gasteiger partial charge in [-0.2, -0.15) is 14.9 Å². The monoisotopic (exact) mass is 428 g/mol. The van der Waals surface area contributed by atoms with Gasteiger partial charge in [-0.25, -0.2) is 0 Å². The molecular formula is C20H21ClN6O3. The molecule has 0 fully saturated rings. The van der Waals surface area contributed by atoms with Crippen molar-refractivity contribution in [2.75, 3.05) is 7.05 Å². The molecule has 10 heteroatoms. The van der Waals surface area contributed by atoms with Gasteiger partial charge in [0.25, 0.3) is 11.5 Å². The molecule has 2 N–H and O–H groups in total. The van der Waals surface area contributed by atoms with Crippen molar-refractivity contribution in [2.45, 2.75) is 19.4 Å². The molecule has 3 aromatic rings. The summed E-state index contributed by atoms with van der Waals surface area (Å²) in [7, 11) is 3.17. The molecule has 30 heavy (non-hydrogen) atoms. The second kappa shape index (κ2) is 8.11. The second-order valence-electron chi connectivity index (χ2n) is 7.20. The van der Waals surface area contributed by atoms with E-state index in [4.69, 9.17) is 11.6 Å². The third-order valence-corrected chi connectivity index (χ3v) is 4.70. The Labute approximate surface area is 177 Å². The van der Waals surface area contributed by atoms with Crippen LogP contribution in [0.3, 0.4) is 0 Å². The van der Waals surface area contributed by atoms with Gasteiger partial charge in [-0.3, -0.25) is 19.1 Å². The van der Waals surface area contributed by atoms with E-state index in [1.54, 1.807) is 51.4 Å². The highest BCUT2D eigenvalue weighted by Gasteiger charge is 2.30. The minimum absolute atomic E-state index is 0.157. The van der Waals surface area contributed by atoms with Gasteiger partial charge >= 0.3 is 0 Å². The van der Waals surface area contributed by atoms with Crippen LogP contribution in [0.1, 0.15) is 24.2 Å². The van der Waals surface area contributed by atoms with Crippen molar-refractivity contribution in [2.24, 2.45) is 7.05 Å². The number of carbonyl (C=O) groups excluding carboxylic acids is 2. The minimum Gasteiger partial charge on any atom is -0.357 e. The number of rotatable bonds is 5. The Bertz CT molecular complexity index is 1160. The number of hydrogen-bond donors (Lipinski definition) is 2. The quantitative estimate of drug-likeness (QED) is 0.640. The van der Waals surface area contributed by atoms with Crippen LogP contribution in [0.15, 0.2) is 47.5 Å². The number of nitrogens with one attached hydrogen (secondary N) is 2. The lowest BCUT2D eigenvalue weighted by molar-refractivity contribution is -0.125. The van der Waals surface area contributed by atoms with Crippen LogP contribution < -0.4 is 16.2 Å². The summed E-state index contributed by atoms with van der Waals surface area (Å²) in [4.78, 5) is 38.1. The Balaban J connectivity index is 2.15. The summed E-state index contributed by atoms with van der Waals surface area (Å²) in [6.07, 6.45) is 3.08. The predicted octanol–water partition coefficient (Wildman–Crippen LogP) is 1.54. The van der Waals surface area contributed by atoms with Crippen molar-refractivity contribution in [1.29, 1.82) is 0 Å². The Morgan fingerprint density at radius 1 is 1.17 bits per heavy atom. The molecule has 0 aliphatic carbocycles. The number of aromatic nitrogens is 4. The highest BCUT2D eigenvalue weighted by Crippen LogP contribution is 2.20. The lowest BCUT2D eigenvalue weighted by Crippen LogP contribution is -2.54. The van der Waals surface area contributed by atoms with Gasteiger partial charge < -0.3 is 10.6 Å². The van der Waals surface area contributed by atoms with E-state index in [-0.39, 0.29) is 5.56 Å². The van der Waals surface area contributed by atoms with E-state index < -0.39 is 22.9 Å². The number of nitrogens with zero attached hydrogens (tertiary/aromatic N) is 4. The molecule has 0 unspecified atom stereocenters. The smallest absolute Gasteiger partial charge is 0.284 e. The van der Waals surface area contributed by atoms with Gasteiger partial charge in [-0.1, -0.05) is 23.7 Å². The van der Waals surface area contributed by atoms with Gasteiger partial charge in [0.2, 0.25) is 5.91 Å². The molecule has 9 nitrogen and oxygen atoms in total. The summed E-state index contributed by atoms with van der Waals surface area (Å²) in [6, 6.07) is 8.24. The third kappa shape index (κ3) is 4.25. The van der Waals surface area contributed by atoms with E-state index in [1.807, 2.05) is 0 Å². The van der Waals surface area contributed by atoms with Crippen LogP contribution in [-0.4, -0.2) is 44.0 Å². The SMILES string of the molecule is CNC(=O)C(C)(C)NC(=O)c1cc(-c2ccc(Cl)cc2)nn(-c2cnn(C)c2)c1=O. The van der Waals surface area contributed by atoms with Gasteiger partial charge in [0.1, 0.15) is 16.8 Å². The lowest BCUT2D eigenvalue weighted by Gasteiger charge is -2.24. The maximum Gasteiger partial charge on any atom is 0.284 e. The molecule has 0 radical (unpaired) electrons. The van der Waals surface area contributed by atoms with Crippen LogP contribution in [-0.2, 0) is 11.8 Å². The van der Waals surface area contributed by atoms with Crippen LogP contribution in [0.5, 0.6) is 0 Å². The summed E-state index contributed by atoms with van der Waals surface area (Å²) in [5.74, 6) is -1.08. The molecule has 0 spiro atoms. The fourth-order valence-electron chi connectivity index (χ4n) is 2.83. The summed E-state index contributed by atoms with van der Waals surface area (Å²) in [5.41, 5.74) is -0.560. The number of carbonyl (C=O) groups is 2. The topological polar surface area (TPSA) is 111 Å². The summed E-state index contributed by atoms with van der Waals surface area (Å²) in [6.45, 7) is 3.09. The third-order valence-electron chi connectivity index (χ3n) is 4.45. The maximum atomic E-state index is 13.1. The van der Waals surface area contributed by atoms with E-state index in [2.05, 4.69) is 20.8 Å². The molecule has 2 heterocycles. The zero-order valence-corrected chi connectivity index (χ0v) is 17.7. The second-order valence-corrected chi connectivity index (χ2v) is 7.63. The number of amides is 2. The Hall–Kier alpha value is -3.46. The maximum absolute atomic E-state index is 13.1. The van der Waals surface area contributed by atoms with Gasteiger partial charge in [0.05, 0.1) is 18.1 Å². The van der Waals surface area contributed by atoms with Crippen LogP contribution in [0.25, 0.3) is 16.9 Å². The molecule has 2 amide bonds. The molecule has 1 aromatic carbocycles. The van der Waals surface area contributed by atoms with Gasteiger partial charge in [0, 0.05) is 24.7 Å². The van der Waals surface area contributed by atoms with E-state index >= 15 is 0 Å². The van der Waals surface area contributed by atoms with E-state index in [0.29, 0.717) is 22.0 Å². The zero-order chi connectivity index (χ0) is 22.1. The van der Waals surface area contributed by atoms with E-state index in [0.717, 1.165) is 4.68 Å². The molecule has 0 aliphatic heterocycles. The summed E-state index contributed by atoms with van der Waals surface area (Å²) in [5, 5.41) is 14.1. The fraction of sp³-hybridized carbons (Fsp3) is 0.250. The predicted molar refractivity (Wildman–Crippen MR) is 113 cm³/mol. The molecule has 0 saturated carbocycles. The summed E-state index contributed by atoms with van der Waals surface area (Å²) >= 11 is 5.96. The highest BCUT2D eigenvalue weighted by atomic mass is 35.5. The molecule has 0 bridgehead atoms. The van der Waals surface area contributed by atoms with Gasteiger partial charge in [0.15, 0.2) is 0 Å². The van der Waals surface area contributed by atoms with Crippen LogP contribution in [0.4, 0.5) is 0 Å². The normalized spacial score (nSPS) is 11.2. The van der Waals surface area contributed by atoms with Crippen LogP contribution in [0, 0.1) is 0 Å². The summed E-state index contributed by atoms with van der Waals surface area (Å²) < 4.78 is 2.63. The molecule has 0 aliphatic rings. The Morgan fingerprint density at radius 3 is 2.40 bits per heavy atom. The first kappa shape index (κ1) is 21.3. The average Bonchev–Trinajstić information content (AvgIpc) is 3.13. The largest absolute Gasteiger partial charge is 0.357 e. The van der Waals surface area contributed by atoms with Crippen molar-refractivity contribution in [3.05, 3.63) is 63.7 Å². The van der Waals surface area contributed by atoms with Gasteiger partial charge in [-0.05, 0) is 32.0 Å². The van der Waals surface area contributed by atoms with Crippen molar-refractivity contribution >= 4 is 23.4 Å². The number of benzene rings is 1. The van der Waals surface area contributed by atoms with Crippen LogP contribution >= 0.6 is 11.6 Å². The van der Waals surface area contributed by atoms with Crippen molar-refractivity contribution in [3.63, 3.8) is 0 Å². The minimum atomic E-state index is -1.22. The lowest BCUT2D eigenvalue weighted by atomic mass is 10.0. The highest BCUT2D eigenvalue weighted by molar-refractivity contribution is 6.30. The van der Waals surface area contributed by atoms with Crippen LogP contribution in [0.2, 0.25) is 5.02 Å². The van der Waals surface area contributed by atoms with Crippen molar-refractivity contribution in [1.82, 2.24) is 30.2 Å². The van der Waals surface area contributed by atoms with Crippen molar-refractivity contribution in [3.8, 4) is 16.9 Å². The number of likely N-dealkylation sites (N-methyl/N-ethyl adjacent to an activating group) is 1. The molecule has 156 valence electrons. The van der Waals surface area contributed by atoms with Gasteiger partial charge in [-0.15, -0.1) is 0 Å². The standard InChI is InChI=1S/C20H21ClN6O3/c1-20(2,19(30)22-3)24-17(28)15-9-16(12-5-7-13(21)8-6-12)25-27(18(15)29)14-10-23-26(4)11-14/h5-11H,1-4H3,(H,22,30)(H,24,28). The van der Waals surface area contributed by atoms with Crippen molar-refractivity contribution < 1.29 is 9.59 Å². The fourth-order valence-corrected chi connectivity index (χ4v) is 2.96. The zero-order valence-electron chi connectivity index (χ0n) is 16.9. The molecule has 2 aromatic heterocycles. The first-order valence-electron chi connectivity index (χ1n) is 9.06. The Morgan fingerprint density at radius 2 is 1.83 bits per heavy atom. The van der Waals surface area contributed by atoms with E-state index in [9.17, 15) is 14.4 Å². The number of halogens is 1. The number of hydrogen-bond acceptors (Lipinski definition) is 5. The molecule has 3 rings (SSSR count). The molecule has 0 saturated heterocycles. The first-order chi connectivity index (χ1) is 14.1. The Kier molecular flexibility index (Phi) is 5.75. The molecule has 0 atom stereocenters. The first-order valence-corrected chi connectivity index (χ1v) is 9.44. The average molecular weight is 429 g/mol.